The van der Waals surface area contributed by atoms with Gasteiger partial charge >= 0.3 is 5.97 Å². The van der Waals surface area contributed by atoms with Crippen LogP contribution in [0.25, 0.3) is 11.8 Å². The van der Waals surface area contributed by atoms with Crippen molar-refractivity contribution in [3.63, 3.8) is 0 Å². The maximum absolute atomic E-state index is 11.9. The van der Waals surface area contributed by atoms with Crippen molar-refractivity contribution in [2.45, 2.75) is 13.8 Å². The highest BCUT2D eigenvalue weighted by atomic mass is 32.1. The van der Waals surface area contributed by atoms with Gasteiger partial charge in [0, 0.05) is 10.4 Å². The smallest absolute Gasteiger partial charge is 0.343 e. The lowest BCUT2D eigenvalue weighted by atomic mass is 10.1. The van der Waals surface area contributed by atoms with Gasteiger partial charge in [0.05, 0.1) is 5.57 Å². The molecule has 0 spiro atoms. The number of ether oxygens (including phenoxy) is 1. The average Bonchev–Trinajstić information content (AvgIpc) is 2.99. The molecule has 1 aromatic heterocycles. The van der Waals surface area contributed by atoms with E-state index in [4.69, 9.17) is 4.74 Å². The first-order valence-corrected chi connectivity index (χ1v) is 7.28. The third-order valence-electron chi connectivity index (χ3n) is 3.25. The van der Waals surface area contributed by atoms with Crippen molar-refractivity contribution in [3.8, 4) is 0 Å². The molecule has 3 heteroatoms. The minimum Gasteiger partial charge on any atom is -0.422 e. The van der Waals surface area contributed by atoms with Crippen LogP contribution in [0.1, 0.15) is 21.6 Å². The molecule has 0 bridgehead atoms. The fourth-order valence-electron chi connectivity index (χ4n) is 2.02. The summed E-state index contributed by atoms with van der Waals surface area (Å²) in [4.78, 5) is 13.0. The lowest BCUT2D eigenvalue weighted by Gasteiger charge is -2.01. The molecule has 2 aromatic rings. The van der Waals surface area contributed by atoms with Crippen LogP contribution in [0.15, 0.2) is 47.4 Å². The van der Waals surface area contributed by atoms with E-state index in [1.807, 2.05) is 61.7 Å². The molecule has 1 aliphatic rings. The van der Waals surface area contributed by atoms with Crippen molar-refractivity contribution in [1.29, 1.82) is 0 Å². The van der Waals surface area contributed by atoms with Gasteiger partial charge in [-0.15, -0.1) is 11.3 Å². The van der Waals surface area contributed by atoms with Crippen LogP contribution in [-0.4, -0.2) is 5.97 Å². The van der Waals surface area contributed by atoms with E-state index in [0.29, 0.717) is 11.3 Å². The highest BCUT2D eigenvalue weighted by molar-refractivity contribution is 7.11. The molecule has 0 radical (unpaired) electrons. The van der Waals surface area contributed by atoms with Gasteiger partial charge in [-0.05, 0) is 43.0 Å². The third-order valence-corrected chi connectivity index (χ3v) is 4.22. The summed E-state index contributed by atoms with van der Waals surface area (Å²) in [5.41, 5.74) is 3.89. The molecule has 0 saturated carbocycles. The summed E-state index contributed by atoms with van der Waals surface area (Å²) >= 11 is 1.62. The molecule has 3 rings (SSSR count). The van der Waals surface area contributed by atoms with E-state index in [2.05, 4.69) is 0 Å². The normalized spacial score (nSPS) is 16.4. The number of carbonyl (C=O) groups is 1. The molecule has 0 atom stereocenters. The Bertz CT molecular complexity index is 718. The molecular formula is C17H14O2S. The van der Waals surface area contributed by atoms with Crippen molar-refractivity contribution in [2.75, 3.05) is 0 Å². The topological polar surface area (TPSA) is 26.3 Å². The predicted molar refractivity (Wildman–Crippen MR) is 82.3 cm³/mol. The lowest BCUT2D eigenvalue weighted by molar-refractivity contribution is -0.130. The fourth-order valence-corrected chi connectivity index (χ4v) is 2.89. The Hall–Kier alpha value is -2.13. The first-order chi connectivity index (χ1) is 9.63. The number of aryl methyl sites for hydroxylation is 2. The molecule has 100 valence electrons. The van der Waals surface area contributed by atoms with Gasteiger partial charge in [0.15, 0.2) is 0 Å². The fraction of sp³-hybridized carbons (Fsp3) is 0.118. The van der Waals surface area contributed by atoms with E-state index in [1.165, 1.54) is 11.1 Å². The Morgan fingerprint density at radius 1 is 1.10 bits per heavy atom. The minimum absolute atomic E-state index is 0.284. The molecule has 1 aromatic carbocycles. The van der Waals surface area contributed by atoms with Crippen molar-refractivity contribution >= 4 is 29.1 Å². The first kappa shape index (κ1) is 12.9. The van der Waals surface area contributed by atoms with Crippen LogP contribution in [-0.2, 0) is 9.53 Å². The third kappa shape index (κ3) is 2.45. The Labute approximate surface area is 122 Å². The average molecular weight is 282 g/mol. The van der Waals surface area contributed by atoms with Crippen LogP contribution >= 0.6 is 11.3 Å². The molecule has 20 heavy (non-hydrogen) atoms. The van der Waals surface area contributed by atoms with E-state index in [1.54, 1.807) is 11.3 Å². The van der Waals surface area contributed by atoms with Crippen molar-refractivity contribution in [2.24, 2.45) is 0 Å². The molecular weight excluding hydrogens is 268 g/mol. The Morgan fingerprint density at radius 2 is 1.85 bits per heavy atom. The van der Waals surface area contributed by atoms with Gasteiger partial charge in [-0.25, -0.2) is 4.79 Å². The SMILES string of the molecule is Cc1ccc(C2=C/C(=C\c3sccc3C)C(=O)O2)cc1. The van der Waals surface area contributed by atoms with Crippen LogP contribution in [0.2, 0.25) is 0 Å². The van der Waals surface area contributed by atoms with Crippen molar-refractivity contribution in [3.05, 3.63) is 68.9 Å². The zero-order chi connectivity index (χ0) is 14.1. The summed E-state index contributed by atoms with van der Waals surface area (Å²) in [6, 6.07) is 9.99. The van der Waals surface area contributed by atoms with E-state index in [-0.39, 0.29) is 5.97 Å². The van der Waals surface area contributed by atoms with E-state index >= 15 is 0 Å². The quantitative estimate of drug-likeness (QED) is 0.605. The summed E-state index contributed by atoms with van der Waals surface area (Å²) in [5, 5.41) is 2.02. The molecule has 0 amide bonds. The first-order valence-electron chi connectivity index (χ1n) is 6.40. The van der Waals surface area contributed by atoms with Crippen LogP contribution in [0, 0.1) is 13.8 Å². The van der Waals surface area contributed by atoms with E-state index in [9.17, 15) is 4.79 Å². The highest BCUT2D eigenvalue weighted by Crippen LogP contribution is 2.29. The van der Waals surface area contributed by atoms with Gasteiger partial charge < -0.3 is 4.74 Å². The molecule has 0 fully saturated rings. The zero-order valence-electron chi connectivity index (χ0n) is 11.3. The number of cyclic esters (lactones) is 1. The molecule has 0 aliphatic carbocycles. The van der Waals surface area contributed by atoms with Crippen LogP contribution in [0.4, 0.5) is 0 Å². The number of carbonyl (C=O) groups excluding carboxylic acids is 1. The van der Waals surface area contributed by atoms with Gasteiger partial charge in [0.25, 0.3) is 0 Å². The number of benzene rings is 1. The van der Waals surface area contributed by atoms with Crippen molar-refractivity contribution < 1.29 is 9.53 Å². The maximum Gasteiger partial charge on any atom is 0.343 e. The largest absolute Gasteiger partial charge is 0.422 e. The highest BCUT2D eigenvalue weighted by Gasteiger charge is 2.22. The van der Waals surface area contributed by atoms with Gasteiger partial charge in [-0.1, -0.05) is 29.8 Å². The number of esters is 1. The maximum atomic E-state index is 11.9. The number of rotatable bonds is 2. The molecule has 1 aliphatic heterocycles. The Balaban J connectivity index is 1.95. The summed E-state index contributed by atoms with van der Waals surface area (Å²) in [6.07, 6.45) is 3.70. The van der Waals surface area contributed by atoms with Crippen LogP contribution < -0.4 is 0 Å². The molecule has 2 nitrogen and oxygen atoms in total. The van der Waals surface area contributed by atoms with Gasteiger partial charge in [0.2, 0.25) is 0 Å². The lowest BCUT2D eigenvalue weighted by Crippen LogP contribution is -1.97. The summed E-state index contributed by atoms with van der Waals surface area (Å²) in [7, 11) is 0. The summed E-state index contributed by atoms with van der Waals surface area (Å²) in [5.74, 6) is 0.337. The second-order valence-electron chi connectivity index (χ2n) is 4.83. The number of hydrogen-bond acceptors (Lipinski definition) is 3. The molecule has 0 unspecified atom stereocenters. The second-order valence-corrected chi connectivity index (χ2v) is 5.78. The molecule has 2 heterocycles. The van der Waals surface area contributed by atoms with Gasteiger partial charge in [-0.3, -0.25) is 0 Å². The Kier molecular flexibility index (Phi) is 3.28. The number of hydrogen-bond donors (Lipinski definition) is 0. The summed E-state index contributed by atoms with van der Waals surface area (Å²) in [6.45, 7) is 4.07. The second kappa shape index (κ2) is 5.10. The Morgan fingerprint density at radius 3 is 2.50 bits per heavy atom. The minimum atomic E-state index is -0.284. The van der Waals surface area contributed by atoms with Crippen LogP contribution in [0.3, 0.4) is 0 Å². The molecule has 0 saturated heterocycles. The summed E-state index contributed by atoms with van der Waals surface area (Å²) < 4.78 is 5.35. The predicted octanol–water partition coefficient (Wildman–Crippen LogP) is 4.35. The number of thiophene rings is 1. The zero-order valence-corrected chi connectivity index (χ0v) is 12.2. The van der Waals surface area contributed by atoms with Crippen molar-refractivity contribution in [1.82, 2.24) is 0 Å². The molecule has 0 N–H and O–H groups in total. The van der Waals surface area contributed by atoms with E-state index < -0.39 is 0 Å². The van der Waals surface area contributed by atoms with E-state index in [0.717, 1.165) is 10.4 Å². The van der Waals surface area contributed by atoms with Gasteiger partial charge in [0.1, 0.15) is 5.76 Å². The van der Waals surface area contributed by atoms with Gasteiger partial charge in [-0.2, -0.15) is 0 Å². The monoisotopic (exact) mass is 282 g/mol. The standard InChI is InChI=1S/C17H14O2S/c1-11-3-5-13(6-4-11)15-9-14(17(18)19-15)10-16-12(2)7-8-20-16/h3-10H,1-2H3/b14-10+. The van der Waals surface area contributed by atoms with Crippen LogP contribution in [0.5, 0.6) is 0 Å².